The quantitative estimate of drug-likeness (QED) is 0.631. The van der Waals surface area contributed by atoms with Crippen LogP contribution in [0.15, 0.2) is 41.0 Å². The van der Waals surface area contributed by atoms with E-state index in [1.54, 1.807) is 37.5 Å². The third kappa shape index (κ3) is 3.48. The van der Waals surface area contributed by atoms with Crippen LogP contribution < -0.4 is 5.32 Å². The zero-order chi connectivity index (χ0) is 15.4. The molecule has 6 nitrogen and oxygen atoms in total. The van der Waals surface area contributed by atoms with Crippen LogP contribution in [0.5, 0.6) is 0 Å². The molecule has 112 valence electrons. The topological polar surface area (TPSA) is 88.5 Å². The van der Waals surface area contributed by atoms with Crippen molar-refractivity contribution in [2.75, 3.05) is 6.61 Å². The summed E-state index contributed by atoms with van der Waals surface area (Å²) in [5.74, 6) is 0.631. The first-order valence-electron chi connectivity index (χ1n) is 6.68. The number of hydrogen-bond acceptors (Lipinski definition) is 5. The van der Waals surface area contributed by atoms with E-state index in [1.165, 1.54) is 0 Å². The Hall–Kier alpha value is -2.18. The van der Waals surface area contributed by atoms with E-state index < -0.39 is 0 Å². The molecule has 1 heterocycles. The molecule has 21 heavy (non-hydrogen) atoms. The summed E-state index contributed by atoms with van der Waals surface area (Å²) < 4.78 is 5.27. The first kappa shape index (κ1) is 15.2. The smallest absolute Gasteiger partial charge is 0.272 e. The highest BCUT2D eigenvalue weighted by Crippen LogP contribution is 2.25. The van der Waals surface area contributed by atoms with Crippen LogP contribution in [0.2, 0.25) is 0 Å². The molecular weight excluding hydrogens is 272 g/mol. The fraction of sp³-hybridized carbons (Fsp3) is 0.333. The zero-order valence-electron chi connectivity index (χ0n) is 11.9. The van der Waals surface area contributed by atoms with Gasteiger partial charge in [0.05, 0.1) is 23.8 Å². The average Bonchev–Trinajstić information content (AvgIpc) is 2.98. The molecule has 2 unspecified atom stereocenters. The highest BCUT2D eigenvalue weighted by Gasteiger charge is 2.19. The lowest BCUT2D eigenvalue weighted by molar-refractivity contribution is -0.385. The van der Waals surface area contributed by atoms with Crippen molar-refractivity contribution < 1.29 is 14.4 Å². The molecule has 6 heteroatoms. The maximum atomic E-state index is 11.0. The van der Waals surface area contributed by atoms with Crippen molar-refractivity contribution in [1.82, 2.24) is 5.32 Å². The number of furan rings is 1. The second kappa shape index (κ2) is 6.51. The molecule has 0 saturated carbocycles. The second-order valence-corrected chi connectivity index (χ2v) is 4.94. The van der Waals surface area contributed by atoms with Gasteiger partial charge in [0, 0.05) is 17.7 Å². The lowest BCUT2D eigenvalue weighted by Crippen LogP contribution is -2.27. The van der Waals surface area contributed by atoms with Gasteiger partial charge in [-0.2, -0.15) is 0 Å². The van der Waals surface area contributed by atoms with E-state index in [1.807, 2.05) is 13.0 Å². The number of nitro groups is 1. The first-order valence-corrected chi connectivity index (χ1v) is 6.68. The number of aliphatic hydroxyl groups is 1. The predicted octanol–water partition coefficient (Wildman–Crippen LogP) is 2.88. The van der Waals surface area contributed by atoms with Crippen LogP contribution in [-0.4, -0.2) is 16.6 Å². The first-order chi connectivity index (χ1) is 10.0. The molecule has 0 aliphatic rings. The van der Waals surface area contributed by atoms with Crippen molar-refractivity contribution in [3.05, 3.63) is 63.6 Å². The van der Waals surface area contributed by atoms with Gasteiger partial charge in [-0.15, -0.1) is 0 Å². The lowest BCUT2D eigenvalue weighted by Gasteiger charge is -2.20. The molecule has 0 spiro atoms. The van der Waals surface area contributed by atoms with E-state index in [-0.39, 0.29) is 29.3 Å². The van der Waals surface area contributed by atoms with Crippen molar-refractivity contribution in [3.63, 3.8) is 0 Å². The molecule has 0 saturated heterocycles. The summed E-state index contributed by atoms with van der Waals surface area (Å²) in [6.07, 6.45) is 1.54. The Balaban J connectivity index is 2.18. The van der Waals surface area contributed by atoms with Crippen molar-refractivity contribution in [2.45, 2.75) is 25.9 Å². The third-order valence-electron chi connectivity index (χ3n) is 3.45. The molecule has 0 aliphatic carbocycles. The SMILES string of the molecule is Cc1ccc(C(C)NC(CO)c2ccco2)cc1[N+](=O)[O-]. The van der Waals surface area contributed by atoms with Gasteiger partial charge in [-0.3, -0.25) is 15.4 Å². The molecule has 1 aromatic carbocycles. The summed E-state index contributed by atoms with van der Waals surface area (Å²) in [6.45, 7) is 3.48. The minimum atomic E-state index is -0.387. The maximum absolute atomic E-state index is 11.0. The summed E-state index contributed by atoms with van der Waals surface area (Å²) in [5, 5.41) is 23.6. The standard InChI is InChI=1S/C15H18N2O4/c1-10-5-6-12(8-14(10)17(19)20)11(2)16-13(9-18)15-4-3-7-21-15/h3-8,11,13,16,18H,9H2,1-2H3. The number of rotatable bonds is 6. The Morgan fingerprint density at radius 3 is 2.76 bits per heavy atom. The van der Waals surface area contributed by atoms with Gasteiger partial charge in [-0.1, -0.05) is 12.1 Å². The summed E-state index contributed by atoms with van der Waals surface area (Å²) in [4.78, 5) is 10.6. The van der Waals surface area contributed by atoms with Crippen molar-refractivity contribution >= 4 is 5.69 Å². The Morgan fingerprint density at radius 1 is 1.43 bits per heavy atom. The molecule has 2 N–H and O–H groups in total. The Morgan fingerprint density at radius 2 is 2.19 bits per heavy atom. The van der Waals surface area contributed by atoms with E-state index in [2.05, 4.69) is 5.32 Å². The molecule has 2 aromatic rings. The molecule has 2 rings (SSSR count). The molecule has 2 atom stereocenters. The molecular formula is C15H18N2O4. The molecule has 0 radical (unpaired) electrons. The van der Waals surface area contributed by atoms with Gasteiger partial charge in [-0.05, 0) is 31.5 Å². The Labute approximate surface area is 122 Å². The normalized spacial score (nSPS) is 13.9. The van der Waals surface area contributed by atoms with Crippen LogP contribution in [0.1, 0.15) is 35.9 Å². The molecule has 1 aromatic heterocycles. The Bertz CT molecular complexity index is 610. The number of aliphatic hydroxyl groups excluding tert-OH is 1. The summed E-state index contributed by atoms with van der Waals surface area (Å²) >= 11 is 0. The van der Waals surface area contributed by atoms with Crippen molar-refractivity contribution in [2.24, 2.45) is 0 Å². The monoisotopic (exact) mass is 290 g/mol. The van der Waals surface area contributed by atoms with Gasteiger partial charge in [0.2, 0.25) is 0 Å². The predicted molar refractivity (Wildman–Crippen MR) is 77.9 cm³/mol. The largest absolute Gasteiger partial charge is 0.468 e. The summed E-state index contributed by atoms with van der Waals surface area (Å²) in [5.41, 5.74) is 1.51. The lowest BCUT2D eigenvalue weighted by atomic mass is 10.0. The molecule has 0 bridgehead atoms. The number of nitro benzene ring substituents is 1. The second-order valence-electron chi connectivity index (χ2n) is 4.94. The highest BCUT2D eigenvalue weighted by atomic mass is 16.6. The van der Waals surface area contributed by atoms with Crippen LogP contribution >= 0.6 is 0 Å². The molecule has 0 amide bonds. The van der Waals surface area contributed by atoms with Crippen LogP contribution in [0.4, 0.5) is 5.69 Å². The van der Waals surface area contributed by atoms with Gasteiger partial charge >= 0.3 is 0 Å². The summed E-state index contributed by atoms with van der Waals surface area (Å²) in [6, 6.07) is 8.15. The van der Waals surface area contributed by atoms with Gasteiger partial charge in [0.1, 0.15) is 5.76 Å². The van der Waals surface area contributed by atoms with Crippen LogP contribution in [-0.2, 0) is 0 Å². The fourth-order valence-corrected chi connectivity index (χ4v) is 2.20. The van der Waals surface area contributed by atoms with Crippen LogP contribution in [0, 0.1) is 17.0 Å². The summed E-state index contributed by atoms with van der Waals surface area (Å²) in [7, 11) is 0. The van der Waals surface area contributed by atoms with Gasteiger partial charge in [0.15, 0.2) is 0 Å². The number of benzene rings is 1. The zero-order valence-corrected chi connectivity index (χ0v) is 11.9. The van der Waals surface area contributed by atoms with Gasteiger partial charge in [0.25, 0.3) is 5.69 Å². The minimum absolute atomic E-state index is 0.0969. The van der Waals surface area contributed by atoms with Crippen molar-refractivity contribution in [3.8, 4) is 0 Å². The van der Waals surface area contributed by atoms with E-state index in [0.717, 1.165) is 5.56 Å². The minimum Gasteiger partial charge on any atom is -0.468 e. The van der Waals surface area contributed by atoms with E-state index in [9.17, 15) is 15.2 Å². The molecule has 0 fully saturated rings. The van der Waals surface area contributed by atoms with E-state index in [4.69, 9.17) is 4.42 Å². The van der Waals surface area contributed by atoms with Crippen molar-refractivity contribution in [1.29, 1.82) is 0 Å². The average molecular weight is 290 g/mol. The fourth-order valence-electron chi connectivity index (χ4n) is 2.20. The van der Waals surface area contributed by atoms with Crippen LogP contribution in [0.25, 0.3) is 0 Å². The number of nitrogens with zero attached hydrogens (tertiary/aromatic N) is 1. The van der Waals surface area contributed by atoms with Gasteiger partial charge < -0.3 is 9.52 Å². The maximum Gasteiger partial charge on any atom is 0.272 e. The number of aryl methyl sites for hydroxylation is 1. The number of hydrogen-bond donors (Lipinski definition) is 2. The van der Waals surface area contributed by atoms with E-state index >= 15 is 0 Å². The number of nitrogens with one attached hydrogen (secondary N) is 1. The van der Waals surface area contributed by atoms with Crippen LogP contribution in [0.3, 0.4) is 0 Å². The molecule has 0 aliphatic heterocycles. The highest BCUT2D eigenvalue weighted by molar-refractivity contribution is 5.43. The van der Waals surface area contributed by atoms with E-state index in [0.29, 0.717) is 11.3 Å². The Kier molecular flexibility index (Phi) is 4.72. The van der Waals surface area contributed by atoms with Gasteiger partial charge in [-0.25, -0.2) is 0 Å². The third-order valence-corrected chi connectivity index (χ3v) is 3.45.